The van der Waals surface area contributed by atoms with Gasteiger partial charge in [0, 0.05) is 30.7 Å². The van der Waals surface area contributed by atoms with Crippen molar-refractivity contribution in [2.24, 2.45) is 0 Å². The molecule has 0 fully saturated rings. The Labute approximate surface area is 199 Å². The summed E-state index contributed by atoms with van der Waals surface area (Å²) in [4.78, 5) is 15.3. The van der Waals surface area contributed by atoms with Gasteiger partial charge in [-0.2, -0.15) is 0 Å². The summed E-state index contributed by atoms with van der Waals surface area (Å²) >= 11 is 0. The number of rotatable bonds is 6. The average Bonchev–Trinajstić information content (AvgIpc) is 3.34. The Morgan fingerprint density at radius 1 is 0.882 bits per heavy atom. The lowest BCUT2D eigenvalue weighted by molar-refractivity contribution is 0.181. The summed E-state index contributed by atoms with van der Waals surface area (Å²) in [5.74, 6) is 2.29. The average molecular weight is 454 g/mol. The number of nitrogens with one attached hydrogen (secondary N) is 1. The fraction of sp³-hybridized carbons (Fsp3) is 0.179. The van der Waals surface area contributed by atoms with Crippen molar-refractivity contribution in [2.75, 3.05) is 18.5 Å². The smallest absolute Gasteiger partial charge is 0.322 e. The number of fused-ring (bicyclic) bond motifs is 1. The fourth-order valence-corrected chi connectivity index (χ4v) is 4.32. The van der Waals surface area contributed by atoms with Crippen LogP contribution in [0.25, 0.3) is 0 Å². The summed E-state index contributed by atoms with van der Waals surface area (Å²) in [6.07, 6.45) is 2.06. The number of anilines is 1. The number of hydrogen-bond acceptors (Lipinski definition) is 3. The third-order valence-electron chi connectivity index (χ3n) is 5.87. The van der Waals surface area contributed by atoms with Crippen LogP contribution in [0.3, 0.4) is 0 Å². The second kappa shape index (κ2) is 9.75. The number of urea groups is 1. The molecular formula is C28H27N3O3. The van der Waals surface area contributed by atoms with Crippen molar-refractivity contribution in [1.29, 1.82) is 0 Å². The molecule has 0 spiro atoms. The number of hydrogen-bond donors (Lipinski definition) is 1. The molecule has 2 heterocycles. The first kappa shape index (κ1) is 21.6. The van der Waals surface area contributed by atoms with E-state index in [1.165, 1.54) is 0 Å². The quantitative estimate of drug-likeness (QED) is 0.372. The third kappa shape index (κ3) is 4.62. The zero-order valence-electron chi connectivity index (χ0n) is 19.1. The Morgan fingerprint density at radius 2 is 1.68 bits per heavy atom. The minimum absolute atomic E-state index is 0.143. The van der Waals surface area contributed by atoms with Crippen LogP contribution in [0.4, 0.5) is 10.5 Å². The molecule has 0 aliphatic carbocycles. The van der Waals surface area contributed by atoms with E-state index in [-0.39, 0.29) is 12.1 Å². The molecule has 0 radical (unpaired) electrons. The lowest BCUT2D eigenvalue weighted by Crippen LogP contribution is -2.44. The zero-order chi connectivity index (χ0) is 23.3. The third-order valence-corrected chi connectivity index (χ3v) is 5.87. The largest absolute Gasteiger partial charge is 0.494 e. The summed E-state index contributed by atoms with van der Waals surface area (Å²) < 4.78 is 13.8. The van der Waals surface area contributed by atoms with Crippen molar-refractivity contribution in [1.82, 2.24) is 9.47 Å². The van der Waals surface area contributed by atoms with E-state index in [1.807, 2.05) is 96.8 Å². The maximum atomic E-state index is 13.4. The molecule has 5 rings (SSSR count). The Morgan fingerprint density at radius 3 is 2.47 bits per heavy atom. The number of amides is 2. The lowest BCUT2D eigenvalue weighted by atomic mass is 10.00. The molecule has 4 aromatic rings. The molecule has 0 saturated carbocycles. The Hall–Kier alpha value is -4.19. The van der Waals surface area contributed by atoms with Crippen molar-refractivity contribution >= 4 is 11.7 Å². The van der Waals surface area contributed by atoms with Crippen molar-refractivity contribution in [2.45, 2.75) is 19.5 Å². The first-order valence-corrected chi connectivity index (χ1v) is 11.5. The van der Waals surface area contributed by atoms with E-state index in [0.717, 1.165) is 40.7 Å². The molecule has 1 aliphatic rings. The van der Waals surface area contributed by atoms with Crippen molar-refractivity contribution in [3.8, 4) is 17.2 Å². The predicted molar refractivity (Wildman–Crippen MR) is 133 cm³/mol. The standard InChI is InChI=1S/C28H27N3O3/c1-2-33-23-15-13-22(14-16-23)29-28(32)31-19-18-30-17-7-12-26(30)27(31)21-8-6-11-25(20-21)34-24-9-4-3-5-10-24/h3-17,20,27H,2,18-19H2,1H3,(H,29,32)/t27-/m0/s1. The van der Waals surface area contributed by atoms with Gasteiger partial charge in [-0.3, -0.25) is 0 Å². The normalized spacial score (nSPS) is 14.9. The van der Waals surface area contributed by atoms with Gasteiger partial charge in [-0.05, 0) is 73.2 Å². The number of carbonyl (C=O) groups excluding carboxylic acids is 1. The van der Waals surface area contributed by atoms with E-state index in [0.29, 0.717) is 13.2 Å². The second-order valence-electron chi connectivity index (χ2n) is 8.10. The highest BCUT2D eigenvalue weighted by Gasteiger charge is 2.32. The van der Waals surface area contributed by atoms with Crippen LogP contribution >= 0.6 is 0 Å². The lowest BCUT2D eigenvalue weighted by Gasteiger charge is -2.37. The number of para-hydroxylation sites is 1. The molecular weight excluding hydrogens is 426 g/mol. The molecule has 6 nitrogen and oxygen atoms in total. The van der Waals surface area contributed by atoms with E-state index in [2.05, 4.69) is 22.1 Å². The number of nitrogens with zero attached hydrogens (tertiary/aromatic N) is 2. The van der Waals surface area contributed by atoms with E-state index >= 15 is 0 Å². The van der Waals surface area contributed by atoms with Crippen LogP contribution in [0.1, 0.15) is 24.2 Å². The fourth-order valence-electron chi connectivity index (χ4n) is 4.32. The molecule has 0 saturated heterocycles. The first-order chi connectivity index (χ1) is 16.7. The number of benzene rings is 3. The Kier molecular flexibility index (Phi) is 6.21. The van der Waals surface area contributed by atoms with Crippen LogP contribution < -0.4 is 14.8 Å². The van der Waals surface area contributed by atoms with Crippen LogP contribution in [0, 0.1) is 0 Å². The minimum atomic E-state index is -0.231. The predicted octanol–water partition coefficient (Wildman–Crippen LogP) is 6.32. The molecule has 0 bridgehead atoms. The summed E-state index contributed by atoms with van der Waals surface area (Å²) in [6, 6.07) is 28.8. The zero-order valence-corrected chi connectivity index (χ0v) is 19.1. The van der Waals surface area contributed by atoms with Gasteiger partial charge in [0.25, 0.3) is 0 Å². The van der Waals surface area contributed by atoms with E-state index in [9.17, 15) is 4.79 Å². The highest BCUT2D eigenvalue weighted by atomic mass is 16.5. The molecule has 2 amide bonds. The van der Waals surface area contributed by atoms with Gasteiger partial charge in [0.1, 0.15) is 17.2 Å². The first-order valence-electron chi connectivity index (χ1n) is 11.5. The van der Waals surface area contributed by atoms with Crippen molar-refractivity contribution < 1.29 is 14.3 Å². The molecule has 6 heteroatoms. The van der Waals surface area contributed by atoms with Crippen LogP contribution in [0.5, 0.6) is 17.2 Å². The molecule has 1 atom stereocenters. The van der Waals surface area contributed by atoms with Gasteiger partial charge in [0.2, 0.25) is 0 Å². The van der Waals surface area contributed by atoms with Gasteiger partial charge in [-0.15, -0.1) is 0 Å². The van der Waals surface area contributed by atoms with Gasteiger partial charge >= 0.3 is 6.03 Å². The van der Waals surface area contributed by atoms with Crippen molar-refractivity contribution in [3.63, 3.8) is 0 Å². The maximum absolute atomic E-state index is 13.4. The number of carbonyl (C=O) groups is 1. The molecule has 34 heavy (non-hydrogen) atoms. The summed E-state index contributed by atoms with van der Waals surface area (Å²) in [5, 5.41) is 3.05. The molecule has 3 aromatic carbocycles. The topological polar surface area (TPSA) is 55.7 Å². The maximum Gasteiger partial charge on any atom is 0.322 e. The van der Waals surface area contributed by atoms with Crippen LogP contribution in [-0.2, 0) is 6.54 Å². The highest BCUT2D eigenvalue weighted by Crippen LogP contribution is 2.35. The van der Waals surface area contributed by atoms with Crippen molar-refractivity contribution in [3.05, 3.63) is 108 Å². The van der Waals surface area contributed by atoms with Crippen LogP contribution in [-0.4, -0.2) is 28.6 Å². The summed E-state index contributed by atoms with van der Waals surface area (Å²) in [5.41, 5.74) is 2.80. The van der Waals surface area contributed by atoms with Gasteiger partial charge in [-0.1, -0.05) is 30.3 Å². The van der Waals surface area contributed by atoms with Crippen LogP contribution in [0.15, 0.2) is 97.2 Å². The Bertz CT molecular complexity index is 1250. The van der Waals surface area contributed by atoms with E-state index in [4.69, 9.17) is 9.47 Å². The van der Waals surface area contributed by atoms with E-state index in [1.54, 1.807) is 0 Å². The summed E-state index contributed by atoms with van der Waals surface area (Å²) in [6.45, 7) is 3.89. The van der Waals surface area contributed by atoms with Gasteiger partial charge in [0.15, 0.2) is 0 Å². The Balaban J connectivity index is 1.41. The molecule has 172 valence electrons. The molecule has 1 aliphatic heterocycles. The van der Waals surface area contributed by atoms with Gasteiger partial charge < -0.3 is 24.3 Å². The summed E-state index contributed by atoms with van der Waals surface area (Å²) in [7, 11) is 0. The monoisotopic (exact) mass is 453 g/mol. The number of aromatic nitrogens is 1. The second-order valence-corrected chi connectivity index (χ2v) is 8.10. The minimum Gasteiger partial charge on any atom is -0.494 e. The SMILES string of the molecule is CCOc1ccc(NC(=O)N2CCn3cccc3[C@@H]2c2cccc(Oc3ccccc3)c2)cc1. The molecule has 1 N–H and O–H groups in total. The number of ether oxygens (including phenoxy) is 2. The molecule has 0 unspecified atom stereocenters. The van der Waals surface area contributed by atoms with Gasteiger partial charge in [0.05, 0.1) is 12.6 Å². The van der Waals surface area contributed by atoms with Crippen LogP contribution in [0.2, 0.25) is 0 Å². The van der Waals surface area contributed by atoms with Gasteiger partial charge in [-0.25, -0.2) is 4.79 Å². The molecule has 1 aromatic heterocycles. The van der Waals surface area contributed by atoms with E-state index < -0.39 is 0 Å². The highest BCUT2D eigenvalue weighted by molar-refractivity contribution is 5.90.